The van der Waals surface area contributed by atoms with Crippen LogP contribution < -0.4 is 16.6 Å². The topological polar surface area (TPSA) is 75.8 Å². The van der Waals surface area contributed by atoms with Gasteiger partial charge in [-0.15, -0.1) is 0 Å². The first-order valence-electron chi connectivity index (χ1n) is 10.3. The smallest absolute Gasteiger partial charge is 0.326 e. The van der Waals surface area contributed by atoms with E-state index in [1.54, 1.807) is 10.5 Å². The number of benzene rings is 2. The molecule has 1 amide bonds. The molecule has 4 rings (SSSR count). The Bertz CT molecular complexity index is 1350. The Balaban J connectivity index is 1.92. The van der Waals surface area contributed by atoms with E-state index in [9.17, 15) is 14.4 Å². The van der Waals surface area contributed by atoms with Gasteiger partial charge in [-0.2, -0.15) is 0 Å². The fraction of sp³-hybridized carbons (Fsp3) is 0.348. The first kappa shape index (κ1) is 20.1. The quantitative estimate of drug-likeness (QED) is 0.512. The summed E-state index contributed by atoms with van der Waals surface area (Å²) >= 11 is 0. The zero-order valence-corrected chi connectivity index (χ0v) is 17.6. The number of hydrogen-bond donors (Lipinski definition) is 1. The van der Waals surface area contributed by atoms with Gasteiger partial charge in [-0.3, -0.25) is 18.6 Å². The van der Waals surface area contributed by atoms with Crippen molar-refractivity contribution in [1.29, 1.82) is 0 Å². The molecule has 0 aliphatic rings. The predicted octanol–water partition coefficient (Wildman–Crippen LogP) is 2.90. The van der Waals surface area contributed by atoms with Crippen LogP contribution in [-0.4, -0.2) is 40.4 Å². The molecule has 0 saturated heterocycles. The van der Waals surface area contributed by atoms with E-state index in [0.717, 1.165) is 29.1 Å². The van der Waals surface area contributed by atoms with Crippen LogP contribution in [-0.2, 0) is 11.3 Å². The van der Waals surface area contributed by atoms with E-state index in [0.29, 0.717) is 36.1 Å². The molecule has 0 bridgehead atoms. The molecule has 156 valence electrons. The van der Waals surface area contributed by atoms with Crippen LogP contribution in [0.4, 0.5) is 5.69 Å². The monoisotopic (exact) mass is 406 g/mol. The summed E-state index contributed by atoms with van der Waals surface area (Å²) in [5, 5.41) is 5.14. The van der Waals surface area contributed by atoms with Crippen LogP contribution in [0.5, 0.6) is 0 Å². The lowest BCUT2D eigenvalue weighted by Crippen LogP contribution is -2.39. The number of amides is 1. The van der Waals surface area contributed by atoms with Gasteiger partial charge < -0.3 is 10.2 Å². The molecule has 0 spiro atoms. The van der Waals surface area contributed by atoms with Gasteiger partial charge >= 0.3 is 5.69 Å². The fourth-order valence-corrected chi connectivity index (χ4v) is 3.93. The molecule has 0 saturated carbocycles. The summed E-state index contributed by atoms with van der Waals surface area (Å²) in [6, 6.07) is 11.0. The molecule has 2 aromatic heterocycles. The number of nitrogens with one attached hydrogen (secondary N) is 1. The lowest BCUT2D eigenvalue weighted by molar-refractivity contribution is -0.116. The van der Waals surface area contributed by atoms with Crippen molar-refractivity contribution >= 4 is 38.8 Å². The second-order valence-corrected chi connectivity index (χ2v) is 7.96. The summed E-state index contributed by atoms with van der Waals surface area (Å²) < 4.78 is 2.93. The minimum Gasteiger partial charge on any atom is -0.326 e. The van der Waals surface area contributed by atoms with Crippen LogP contribution in [0.15, 0.2) is 46.0 Å². The van der Waals surface area contributed by atoms with Gasteiger partial charge in [0.15, 0.2) is 0 Å². The molecule has 0 atom stereocenters. The first-order valence-corrected chi connectivity index (χ1v) is 10.3. The van der Waals surface area contributed by atoms with Crippen LogP contribution in [0.3, 0.4) is 0 Å². The number of carbonyl (C=O) groups is 1. The standard InChI is InChI=1S/C23H26N4O3/c1-4-5-9-20(28)24-15-10-11-19-18(14-15)16-7-6-8-17-21(16)27(19)23(30)26(22(17)29)13-12-25(2)3/h6-8,10-11,14H,4-5,9,12-13H2,1-3H3,(H,24,28). The largest absolute Gasteiger partial charge is 0.336 e. The van der Waals surface area contributed by atoms with Crippen molar-refractivity contribution < 1.29 is 4.79 Å². The molecule has 1 N–H and O–H groups in total. The number of rotatable bonds is 7. The van der Waals surface area contributed by atoms with Gasteiger partial charge in [-0.05, 0) is 44.8 Å². The second kappa shape index (κ2) is 7.91. The Morgan fingerprint density at radius 2 is 1.83 bits per heavy atom. The van der Waals surface area contributed by atoms with Crippen LogP contribution >= 0.6 is 0 Å². The predicted molar refractivity (Wildman–Crippen MR) is 121 cm³/mol. The van der Waals surface area contributed by atoms with Crippen molar-refractivity contribution in [2.45, 2.75) is 32.7 Å². The normalized spacial score (nSPS) is 11.9. The van der Waals surface area contributed by atoms with E-state index < -0.39 is 0 Å². The van der Waals surface area contributed by atoms with Crippen molar-refractivity contribution in [3.63, 3.8) is 0 Å². The van der Waals surface area contributed by atoms with Crippen molar-refractivity contribution in [3.05, 3.63) is 57.2 Å². The number of fused-ring (bicyclic) bond motifs is 3. The minimum atomic E-state index is -0.333. The average molecular weight is 406 g/mol. The van der Waals surface area contributed by atoms with Gasteiger partial charge in [0.05, 0.1) is 16.4 Å². The highest BCUT2D eigenvalue weighted by Crippen LogP contribution is 2.31. The number of nitrogens with zero attached hydrogens (tertiary/aromatic N) is 3. The number of para-hydroxylation sites is 1. The molecule has 7 heteroatoms. The summed E-state index contributed by atoms with van der Waals surface area (Å²) in [6.07, 6.45) is 2.29. The zero-order chi connectivity index (χ0) is 21.4. The summed E-state index contributed by atoms with van der Waals surface area (Å²) in [5.41, 5.74) is 1.46. The lowest BCUT2D eigenvalue weighted by Gasteiger charge is -2.12. The van der Waals surface area contributed by atoms with E-state index in [4.69, 9.17) is 0 Å². The molecule has 4 aromatic rings. The Hall–Kier alpha value is -3.19. The Labute approximate surface area is 173 Å². The highest BCUT2D eigenvalue weighted by atomic mass is 16.2. The van der Waals surface area contributed by atoms with E-state index >= 15 is 0 Å². The molecule has 2 aromatic carbocycles. The summed E-state index contributed by atoms with van der Waals surface area (Å²) in [4.78, 5) is 40.4. The van der Waals surface area contributed by atoms with Gasteiger partial charge in [0.1, 0.15) is 0 Å². The number of unbranched alkanes of at least 4 members (excludes halogenated alkanes) is 1. The highest BCUT2D eigenvalue weighted by Gasteiger charge is 2.19. The van der Waals surface area contributed by atoms with Gasteiger partial charge in [-0.1, -0.05) is 25.5 Å². The second-order valence-electron chi connectivity index (χ2n) is 7.96. The Morgan fingerprint density at radius 3 is 2.57 bits per heavy atom. The zero-order valence-electron chi connectivity index (χ0n) is 17.6. The molecule has 0 fully saturated rings. The van der Waals surface area contributed by atoms with E-state index in [1.165, 1.54) is 4.57 Å². The third-order valence-corrected chi connectivity index (χ3v) is 5.50. The number of hydrogen-bond acceptors (Lipinski definition) is 4. The third kappa shape index (κ3) is 3.35. The molecule has 0 aliphatic heterocycles. The summed E-state index contributed by atoms with van der Waals surface area (Å²) in [7, 11) is 3.82. The molecular weight excluding hydrogens is 380 g/mol. The van der Waals surface area contributed by atoms with Crippen LogP contribution in [0.1, 0.15) is 26.2 Å². The highest BCUT2D eigenvalue weighted by molar-refractivity contribution is 6.14. The average Bonchev–Trinajstić information content (AvgIpc) is 3.05. The maximum Gasteiger partial charge on any atom is 0.336 e. The van der Waals surface area contributed by atoms with Gasteiger partial charge in [0.2, 0.25) is 5.91 Å². The SMILES string of the molecule is CCCCC(=O)Nc1ccc2c(c1)c1cccc3c(=O)n(CCN(C)C)c(=O)n2c31. The van der Waals surface area contributed by atoms with E-state index in [-0.39, 0.29) is 17.2 Å². The molecule has 0 aliphatic carbocycles. The number of likely N-dealkylation sites (N-methyl/N-ethyl adjacent to an activating group) is 1. The minimum absolute atomic E-state index is 0.0222. The molecule has 2 heterocycles. The van der Waals surface area contributed by atoms with Crippen molar-refractivity contribution in [2.75, 3.05) is 26.0 Å². The summed E-state index contributed by atoms with van der Waals surface area (Å²) in [5.74, 6) is -0.0222. The van der Waals surface area contributed by atoms with E-state index in [2.05, 4.69) is 5.32 Å². The van der Waals surface area contributed by atoms with Gasteiger partial charge in [0.25, 0.3) is 5.56 Å². The fourth-order valence-electron chi connectivity index (χ4n) is 3.93. The van der Waals surface area contributed by atoms with Gasteiger partial charge in [0, 0.05) is 36.0 Å². The molecular formula is C23H26N4O3. The molecule has 0 radical (unpaired) electrons. The molecule has 7 nitrogen and oxygen atoms in total. The lowest BCUT2D eigenvalue weighted by atomic mass is 10.1. The molecule has 30 heavy (non-hydrogen) atoms. The Kier molecular flexibility index (Phi) is 5.30. The van der Waals surface area contributed by atoms with Gasteiger partial charge in [-0.25, -0.2) is 4.79 Å². The maximum atomic E-state index is 13.3. The number of anilines is 1. The summed E-state index contributed by atoms with van der Waals surface area (Å²) in [6.45, 7) is 2.97. The van der Waals surface area contributed by atoms with Crippen molar-refractivity contribution in [1.82, 2.24) is 13.9 Å². The number of aromatic nitrogens is 2. The third-order valence-electron chi connectivity index (χ3n) is 5.50. The maximum absolute atomic E-state index is 13.3. The van der Waals surface area contributed by atoms with Crippen LogP contribution in [0.2, 0.25) is 0 Å². The van der Waals surface area contributed by atoms with Crippen LogP contribution in [0, 0.1) is 0 Å². The van der Waals surface area contributed by atoms with Crippen LogP contribution in [0.25, 0.3) is 27.2 Å². The van der Waals surface area contributed by atoms with E-state index in [1.807, 2.05) is 56.3 Å². The van der Waals surface area contributed by atoms with Crippen molar-refractivity contribution in [3.8, 4) is 0 Å². The van der Waals surface area contributed by atoms with Crippen molar-refractivity contribution in [2.24, 2.45) is 0 Å². The Morgan fingerprint density at radius 1 is 1.07 bits per heavy atom. The number of carbonyl (C=O) groups excluding carboxylic acids is 1. The molecule has 0 unspecified atom stereocenters. The first-order chi connectivity index (χ1) is 14.4.